The highest BCUT2D eigenvalue weighted by atomic mass is 16.5. The topological polar surface area (TPSA) is 64.6 Å². The van der Waals surface area contributed by atoms with Gasteiger partial charge in [0.15, 0.2) is 0 Å². The Morgan fingerprint density at radius 1 is 1.06 bits per heavy atom. The van der Waals surface area contributed by atoms with Gasteiger partial charge >= 0.3 is 12.1 Å². The second kappa shape index (κ2) is 8.78. The predicted octanol–water partition coefficient (Wildman–Crippen LogP) is 2.35. The van der Waals surface area contributed by atoms with Gasteiger partial charge in [0, 0.05) is 6.04 Å². The van der Waals surface area contributed by atoms with Crippen LogP contribution in [0, 0.1) is 11.8 Å². The van der Waals surface area contributed by atoms with Crippen molar-refractivity contribution in [1.29, 1.82) is 0 Å². The number of amides is 1. The molecule has 0 aliphatic rings. The quantitative estimate of drug-likeness (QED) is 0.713. The zero-order chi connectivity index (χ0) is 14.1. The van der Waals surface area contributed by atoms with E-state index in [1.165, 1.54) is 0 Å². The van der Waals surface area contributed by atoms with Crippen molar-refractivity contribution in [1.82, 2.24) is 5.32 Å². The van der Waals surface area contributed by atoms with Crippen LogP contribution in [0.2, 0.25) is 0 Å². The van der Waals surface area contributed by atoms with Gasteiger partial charge in [-0.15, -0.1) is 0 Å². The molecule has 0 spiro atoms. The first-order valence-electron chi connectivity index (χ1n) is 6.52. The van der Waals surface area contributed by atoms with Crippen molar-refractivity contribution in [3.8, 4) is 0 Å². The van der Waals surface area contributed by atoms with Crippen LogP contribution in [0.25, 0.3) is 0 Å². The Kier molecular flexibility index (Phi) is 8.16. The van der Waals surface area contributed by atoms with Crippen LogP contribution < -0.4 is 5.32 Å². The molecule has 0 rings (SSSR count). The highest BCUT2D eigenvalue weighted by molar-refractivity contribution is 5.74. The number of hydrogen-bond donors (Lipinski definition) is 1. The summed E-state index contributed by atoms with van der Waals surface area (Å²) in [5, 5.41) is 2.73. The van der Waals surface area contributed by atoms with Gasteiger partial charge in [0.1, 0.15) is 0 Å². The Morgan fingerprint density at radius 2 is 1.61 bits per heavy atom. The first-order chi connectivity index (χ1) is 8.42. The molecular formula is C13H25NO4. The number of nitrogens with one attached hydrogen (secondary N) is 1. The number of ether oxygens (including phenoxy) is 2. The van der Waals surface area contributed by atoms with Gasteiger partial charge in [-0.1, -0.05) is 13.8 Å². The molecule has 0 heterocycles. The molecule has 0 aromatic carbocycles. The smallest absolute Gasteiger partial charge is 0.407 e. The number of carbonyl (C=O) groups is 2. The highest BCUT2D eigenvalue weighted by Gasteiger charge is 2.27. The van der Waals surface area contributed by atoms with Crippen LogP contribution in [0.3, 0.4) is 0 Å². The maximum atomic E-state index is 11.7. The first-order valence-corrected chi connectivity index (χ1v) is 6.52. The van der Waals surface area contributed by atoms with Crippen LogP contribution in [-0.2, 0) is 14.3 Å². The van der Waals surface area contributed by atoms with Crippen LogP contribution in [-0.4, -0.2) is 31.3 Å². The lowest BCUT2D eigenvalue weighted by Gasteiger charge is -2.24. The molecule has 106 valence electrons. The standard InChI is InChI=1S/C13H25NO4/c1-6-17-12(15)10(5)11(8-9(3)4)14-13(16)18-7-2/h9-11H,6-8H2,1-5H3,(H,14,16)/t10-,11+/m0/s1. The molecule has 0 bridgehead atoms. The molecule has 5 nitrogen and oxygen atoms in total. The second-order valence-corrected chi connectivity index (χ2v) is 4.64. The van der Waals surface area contributed by atoms with E-state index in [0.717, 1.165) is 0 Å². The molecule has 1 N–H and O–H groups in total. The van der Waals surface area contributed by atoms with Gasteiger partial charge in [-0.05, 0) is 33.1 Å². The van der Waals surface area contributed by atoms with Gasteiger partial charge in [0.25, 0.3) is 0 Å². The Bertz CT molecular complexity index is 266. The molecule has 0 aliphatic carbocycles. The van der Waals surface area contributed by atoms with Crippen LogP contribution in [0.4, 0.5) is 4.79 Å². The van der Waals surface area contributed by atoms with Crippen molar-refractivity contribution in [3.63, 3.8) is 0 Å². The minimum atomic E-state index is -0.487. The van der Waals surface area contributed by atoms with Crippen LogP contribution in [0.5, 0.6) is 0 Å². The van der Waals surface area contributed by atoms with E-state index < -0.39 is 6.09 Å². The zero-order valence-electron chi connectivity index (χ0n) is 12.0. The van der Waals surface area contributed by atoms with Gasteiger partial charge in [-0.25, -0.2) is 4.79 Å². The lowest BCUT2D eigenvalue weighted by molar-refractivity contribution is -0.148. The van der Waals surface area contributed by atoms with E-state index in [9.17, 15) is 9.59 Å². The van der Waals surface area contributed by atoms with Gasteiger partial charge in [0.05, 0.1) is 19.1 Å². The molecule has 0 radical (unpaired) electrons. The molecule has 5 heteroatoms. The van der Waals surface area contributed by atoms with Crippen molar-refractivity contribution in [2.75, 3.05) is 13.2 Å². The Labute approximate surface area is 109 Å². The van der Waals surface area contributed by atoms with E-state index >= 15 is 0 Å². The zero-order valence-corrected chi connectivity index (χ0v) is 12.0. The lowest BCUT2D eigenvalue weighted by atomic mass is 9.93. The maximum absolute atomic E-state index is 11.7. The van der Waals surface area contributed by atoms with E-state index in [0.29, 0.717) is 25.6 Å². The first kappa shape index (κ1) is 16.7. The van der Waals surface area contributed by atoms with Crippen molar-refractivity contribution in [3.05, 3.63) is 0 Å². The summed E-state index contributed by atoms with van der Waals surface area (Å²) in [4.78, 5) is 23.1. The van der Waals surface area contributed by atoms with E-state index in [2.05, 4.69) is 5.32 Å². The van der Waals surface area contributed by atoms with Crippen molar-refractivity contribution in [2.24, 2.45) is 11.8 Å². The van der Waals surface area contributed by atoms with Crippen molar-refractivity contribution in [2.45, 2.75) is 47.1 Å². The van der Waals surface area contributed by atoms with E-state index in [-0.39, 0.29) is 17.9 Å². The van der Waals surface area contributed by atoms with Crippen LogP contribution >= 0.6 is 0 Å². The van der Waals surface area contributed by atoms with Gasteiger partial charge < -0.3 is 14.8 Å². The Morgan fingerprint density at radius 3 is 2.06 bits per heavy atom. The number of rotatable bonds is 7. The fraction of sp³-hybridized carbons (Fsp3) is 0.846. The molecule has 18 heavy (non-hydrogen) atoms. The molecule has 0 saturated heterocycles. The SMILES string of the molecule is CCOC(=O)N[C@H](CC(C)C)[C@H](C)C(=O)OCC. The largest absolute Gasteiger partial charge is 0.466 e. The summed E-state index contributed by atoms with van der Waals surface area (Å²) in [7, 11) is 0. The maximum Gasteiger partial charge on any atom is 0.407 e. The normalized spacial score (nSPS) is 13.9. The number of esters is 1. The third-order valence-corrected chi connectivity index (χ3v) is 2.57. The second-order valence-electron chi connectivity index (χ2n) is 4.64. The summed E-state index contributed by atoms with van der Waals surface area (Å²) in [5.74, 6) is -0.300. The average Bonchev–Trinajstić information content (AvgIpc) is 2.27. The third kappa shape index (κ3) is 6.47. The highest BCUT2D eigenvalue weighted by Crippen LogP contribution is 2.15. The van der Waals surface area contributed by atoms with E-state index in [1.807, 2.05) is 13.8 Å². The van der Waals surface area contributed by atoms with Gasteiger partial charge in [-0.2, -0.15) is 0 Å². The summed E-state index contributed by atoms with van der Waals surface area (Å²) >= 11 is 0. The Balaban J connectivity index is 4.55. The van der Waals surface area contributed by atoms with E-state index in [4.69, 9.17) is 9.47 Å². The minimum Gasteiger partial charge on any atom is -0.466 e. The molecule has 1 amide bonds. The van der Waals surface area contributed by atoms with Gasteiger partial charge in [0.2, 0.25) is 0 Å². The molecule has 0 fully saturated rings. The van der Waals surface area contributed by atoms with Gasteiger partial charge in [-0.3, -0.25) is 4.79 Å². The number of alkyl carbamates (subject to hydrolysis) is 1. The van der Waals surface area contributed by atoms with Crippen molar-refractivity contribution < 1.29 is 19.1 Å². The monoisotopic (exact) mass is 259 g/mol. The Hall–Kier alpha value is -1.26. The number of hydrogen-bond acceptors (Lipinski definition) is 4. The van der Waals surface area contributed by atoms with E-state index in [1.54, 1.807) is 20.8 Å². The molecular weight excluding hydrogens is 234 g/mol. The van der Waals surface area contributed by atoms with Crippen LogP contribution in [0.1, 0.15) is 41.0 Å². The summed E-state index contributed by atoms with van der Waals surface area (Å²) in [5.41, 5.74) is 0. The molecule has 0 aliphatic heterocycles. The third-order valence-electron chi connectivity index (χ3n) is 2.57. The summed E-state index contributed by atoms with van der Waals surface area (Å²) in [6, 6.07) is -0.261. The average molecular weight is 259 g/mol. The molecule has 2 atom stereocenters. The van der Waals surface area contributed by atoms with Crippen LogP contribution in [0.15, 0.2) is 0 Å². The fourth-order valence-corrected chi connectivity index (χ4v) is 1.66. The summed E-state index contributed by atoms with van der Waals surface area (Å²) in [6.45, 7) is 10.0. The summed E-state index contributed by atoms with van der Waals surface area (Å²) in [6.07, 6.45) is 0.220. The molecule has 0 aromatic rings. The molecule has 0 unspecified atom stereocenters. The fourth-order valence-electron chi connectivity index (χ4n) is 1.66. The minimum absolute atomic E-state index is 0.261. The summed E-state index contributed by atoms with van der Waals surface area (Å²) < 4.78 is 9.82. The molecule has 0 saturated carbocycles. The predicted molar refractivity (Wildman–Crippen MR) is 69.2 cm³/mol. The number of carbonyl (C=O) groups excluding carboxylic acids is 2. The van der Waals surface area contributed by atoms with Crippen molar-refractivity contribution >= 4 is 12.1 Å². The lowest BCUT2D eigenvalue weighted by Crippen LogP contribution is -2.43. The molecule has 0 aromatic heterocycles.